The first-order valence-corrected chi connectivity index (χ1v) is 11.7. The summed E-state index contributed by atoms with van der Waals surface area (Å²) >= 11 is 1.81. The standard InChI is InChI=1S/C22H33N3OS/c1-27-25-15-10-22(11-16-25)17-20(23-21(22)26)9-14-24-12-7-19(8-13-24)18-5-3-2-4-6-18/h2-6,19-20H,7-17H2,1H3,(H,23,26). The van der Waals surface area contributed by atoms with Crippen molar-refractivity contribution in [1.29, 1.82) is 0 Å². The summed E-state index contributed by atoms with van der Waals surface area (Å²) in [7, 11) is 0. The molecule has 1 spiro atoms. The summed E-state index contributed by atoms with van der Waals surface area (Å²) in [5, 5.41) is 3.33. The van der Waals surface area contributed by atoms with Crippen LogP contribution >= 0.6 is 11.9 Å². The third-order valence-electron chi connectivity index (χ3n) is 7.04. The molecule has 5 heteroatoms. The second-order valence-electron chi connectivity index (χ2n) is 8.58. The van der Waals surface area contributed by atoms with Crippen LogP contribution in [0.1, 0.15) is 50.0 Å². The number of nitrogens with zero attached hydrogens (tertiary/aromatic N) is 2. The van der Waals surface area contributed by atoms with Crippen LogP contribution in [0.25, 0.3) is 0 Å². The number of hydrogen-bond donors (Lipinski definition) is 1. The molecule has 0 aliphatic carbocycles. The van der Waals surface area contributed by atoms with Crippen molar-refractivity contribution in [2.75, 3.05) is 39.0 Å². The van der Waals surface area contributed by atoms with E-state index >= 15 is 0 Å². The van der Waals surface area contributed by atoms with Gasteiger partial charge in [-0.05, 0) is 69.4 Å². The molecule has 4 nitrogen and oxygen atoms in total. The fourth-order valence-corrected chi connectivity index (χ4v) is 5.76. The molecular weight excluding hydrogens is 354 g/mol. The first-order chi connectivity index (χ1) is 13.2. The Morgan fingerprint density at radius 2 is 1.81 bits per heavy atom. The van der Waals surface area contributed by atoms with E-state index in [1.54, 1.807) is 0 Å². The lowest BCUT2D eigenvalue weighted by Gasteiger charge is -2.36. The number of carbonyl (C=O) groups excluding carboxylic acids is 1. The molecule has 3 aliphatic rings. The number of piperidine rings is 2. The maximum absolute atomic E-state index is 12.7. The lowest BCUT2D eigenvalue weighted by atomic mass is 9.76. The average Bonchev–Trinajstić information content (AvgIpc) is 3.03. The molecule has 1 unspecified atom stereocenters. The number of amides is 1. The summed E-state index contributed by atoms with van der Waals surface area (Å²) in [4.78, 5) is 15.3. The van der Waals surface area contributed by atoms with Gasteiger partial charge in [-0.2, -0.15) is 0 Å². The van der Waals surface area contributed by atoms with Crippen LogP contribution in [-0.4, -0.2) is 60.1 Å². The van der Waals surface area contributed by atoms with Crippen molar-refractivity contribution in [3.8, 4) is 0 Å². The smallest absolute Gasteiger partial charge is 0.226 e. The van der Waals surface area contributed by atoms with Crippen LogP contribution < -0.4 is 5.32 Å². The number of hydrogen-bond acceptors (Lipinski definition) is 4. The molecule has 1 aromatic carbocycles. The van der Waals surface area contributed by atoms with Crippen LogP contribution in [-0.2, 0) is 4.79 Å². The Labute approximate surface area is 168 Å². The highest BCUT2D eigenvalue weighted by Gasteiger charge is 2.48. The molecule has 1 aromatic rings. The van der Waals surface area contributed by atoms with Crippen LogP contribution in [0.4, 0.5) is 0 Å². The predicted octanol–water partition coefficient (Wildman–Crippen LogP) is 3.50. The van der Waals surface area contributed by atoms with E-state index in [0.29, 0.717) is 11.9 Å². The van der Waals surface area contributed by atoms with Crippen molar-refractivity contribution in [3.05, 3.63) is 35.9 Å². The van der Waals surface area contributed by atoms with Gasteiger partial charge in [0.1, 0.15) is 0 Å². The van der Waals surface area contributed by atoms with Crippen LogP contribution in [0.5, 0.6) is 0 Å². The van der Waals surface area contributed by atoms with E-state index in [2.05, 4.69) is 51.1 Å². The minimum absolute atomic E-state index is 0.0722. The van der Waals surface area contributed by atoms with Gasteiger partial charge in [0.05, 0.1) is 5.41 Å². The van der Waals surface area contributed by atoms with E-state index in [9.17, 15) is 4.79 Å². The Hall–Kier alpha value is -1.04. The number of rotatable bonds is 5. The molecule has 148 valence electrons. The molecule has 3 fully saturated rings. The molecule has 3 saturated heterocycles. The van der Waals surface area contributed by atoms with Crippen molar-refractivity contribution in [2.24, 2.45) is 5.41 Å². The third-order valence-corrected chi connectivity index (χ3v) is 7.93. The van der Waals surface area contributed by atoms with E-state index in [1.807, 2.05) is 11.9 Å². The van der Waals surface area contributed by atoms with Crippen molar-refractivity contribution in [2.45, 2.75) is 50.5 Å². The van der Waals surface area contributed by atoms with Gasteiger partial charge in [0.2, 0.25) is 5.91 Å². The number of likely N-dealkylation sites (tertiary alicyclic amines) is 1. The highest BCUT2D eigenvalue weighted by molar-refractivity contribution is 7.96. The van der Waals surface area contributed by atoms with E-state index < -0.39 is 0 Å². The SMILES string of the molecule is CSN1CCC2(CC1)CC(CCN1CCC(c3ccccc3)CC1)NC2=O. The summed E-state index contributed by atoms with van der Waals surface area (Å²) in [5.74, 6) is 1.05. The molecule has 0 aromatic heterocycles. The molecule has 0 saturated carbocycles. The minimum Gasteiger partial charge on any atom is -0.353 e. The monoisotopic (exact) mass is 387 g/mol. The predicted molar refractivity (Wildman–Crippen MR) is 113 cm³/mol. The van der Waals surface area contributed by atoms with Gasteiger partial charge in [-0.1, -0.05) is 42.3 Å². The fourth-order valence-electron chi connectivity index (χ4n) is 5.21. The molecule has 3 aliphatic heterocycles. The van der Waals surface area contributed by atoms with Crippen molar-refractivity contribution < 1.29 is 4.79 Å². The molecular formula is C22H33N3OS. The van der Waals surface area contributed by atoms with Crippen LogP contribution in [0, 0.1) is 5.41 Å². The van der Waals surface area contributed by atoms with Gasteiger partial charge in [-0.25, -0.2) is 0 Å². The largest absolute Gasteiger partial charge is 0.353 e. The van der Waals surface area contributed by atoms with Gasteiger partial charge < -0.3 is 10.2 Å². The first-order valence-electron chi connectivity index (χ1n) is 10.6. The Kier molecular flexibility index (Phi) is 6.10. The minimum atomic E-state index is -0.0722. The molecule has 1 N–H and O–H groups in total. The Balaban J connectivity index is 1.22. The Morgan fingerprint density at radius 1 is 1.11 bits per heavy atom. The molecule has 4 rings (SSSR count). The maximum atomic E-state index is 12.7. The van der Waals surface area contributed by atoms with Crippen LogP contribution in [0.15, 0.2) is 30.3 Å². The molecule has 27 heavy (non-hydrogen) atoms. The lowest BCUT2D eigenvalue weighted by Crippen LogP contribution is -2.41. The quantitative estimate of drug-likeness (QED) is 0.785. The van der Waals surface area contributed by atoms with Gasteiger partial charge in [0.25, 0.3) is 0 Å². The van der Waals surface area contributed by atoms with Gasteiger partial charge in [-0.3, -0.25) is 9.10 Å². The Morgan fingerprint density at radius 3 is 2.48 bits per heavy atom. The highest BCUT2D eigenvalue weighted by atomic mass is 32.2. The molecule has 3 heterocycles. The topological polar surface area (TPSA) is 35.6 Å². The zero-order chi connectivity index (χ0) is 18.7. The zero-order valence-electron chi connectivity index (χ0n) is 16.5. The highest BCUT2D eigenvalue weighted by Crippen LogP contribution is 2.42. The summed E-state index contributed by atoms with van der Waals surface area (Å²) in [5.41, 5.74) is 1.43. The van der Waals surface area contributed by atoms with Gasteiger partial charge in [-0.15, -0.1) is 0 Å². The van der Waals surface area contributed by atoms with E-state index in [0.717, 1.165) is 51.2 Å². The van der Waals surface area contributed by atoms with Crippen LogP contribution in [0.2, 0.25) is 0 Å². The summed E-state index contributed by atoms with van der Waals surface area (Å²) < 4.78 is 2.39. The van der Waals surface area contributed by atoms with E-state index in [-0.39, 0.29) is 5.41 Å². The van der Waals surface area contributed by atoms with E-state index in [1.165, 1.54) is 31.5 Å². The van der Waals surface area contributed by atoms with Gasteiger partial charge in [0.15, 0.2) is 0 Å². The van der Waals surface area contributed by atoms with Crippen molar-refractivity contribution in [1.82, 2.24) is 14.5 Å². The average molecular weight is 388 g/mol. The second-order valence-corrected chi connectivity index (χ2v) is 9.46. The Bertz CT molecular complexity index is 622. The van der Waals surface area contributed by atoms with E-state index in [4.69, 9.17) is 0 Å². The van der Waals surface area contributed by atoms with Gasteiger partial charge in [0, 0.05) is 25.7 Å². The number of nitrogens with one attached hydrogen (secondary N) is 1. The van der Waals surface area contributed by atoms with Crippen LogP contribution in [0.3, 0.4) is 0 Å². The fraction of sp³-hybridized carbons (Fsp3) is 0.682. The maximum Gasteiger partial charge on any atom is 0.226 e. The van der Waals surface area contributed by atoms with Crippen molar-refractivity contribution in [3.63, 3.8) is 0 Å². The molecule has 0 bridgehead atoms. The van der Waals surface area contributed by atoms with Crippen molar-refractivity contribution >= 4 is 17.9 Å². The lowest BCUT2D eigenvalue weighted by molar-refractivity contribution is -0.129. The third kappa shape index (κ3) is 4.36. The molecule has 1 amide bonds. The second kappa shape index (κ2) is 8.54. The van der Waals surface area contributed by atoms with Gasteiger partial charge >= 0.3 is 0 Å². The summed E-state index contributed by atoms with van der Waals surface area (Å²) in [6.07, 6.45) is 8.86. The first kappa shape index (κ1) is 19.3. The summed E-state index contributed by atoms with van der Waals surface area (Å²) in [6.45, 7) is 5.60. The summed E-state index contributed by atoms with van der Waals surface area (Å²) in [6, 6.07) is 11.3. The molecule has 1 atom stereocenters. The number of carbonyl (C=O) groups is 1. The zero-order valence-corrected chi connectivity index (χ0v) is 17.3. The molecule has 0 radical (unpaired) electrons. The normalized spacial score (nSPS) is 27.1. The number of benzene rings is 1.